The van der Waals surface area contributed by atoms with Crippen LogP contribution >= 0.6 is 0 Å². The molecule has 2 rings (SSSR count). The van der Waals surface area contributed by atoms with Crippen LogP contribution < -0.4 is 10.5 Å². The first-order chi connectivity index (χ1) is 8.46. The zero-order valence-electron chi connectivity index (χ0n) is 10.2. The molecule has 3 nitrogen and oxygen atoms in total. The molecule has 0 bridgehead atoms. The molecule has 96 valence electrons. The highest BCUT2D eigenvalue weighted by atomic mass is 19.3. The number of ether oxygens (including phenoxy) is 1. The van der Waals surface area contributed by atoms with Crippen molar-refractivity contribution in [3.05, 3.63) is 35.9 Å². The number of halogens is 2. The summed E-state index contributed by atoms with van der Waals surface area (Å²) in [5.41, 5.74) is 4.78. The Hall–Kier alpha value is -1.75. The molecule has 2 N–H and O–H groups in total. The smallest absolute Gasteiger partial charge is 0.260 e. The van der Waals surface area contributed by atoms with Crippen molar-refractivity contribution in [1.82, 2.24) is 4.98 Å². The van der Waals surface area contributed by atoms with Gasteiger partial charge in [0.2, 0.25) is 5.88 Å². The Bertz CT molecular complexity index is 570. The Morgan fingerprint density at radius 2 is 2.00 bits per heavy atom. The first-order valence-electron chi connectivity index (χ1n) is 5.48. The second kappa shape index (κ2) is 4.49. The summed E-state index contributed by atoms with van der Waals surface area (Å²) in [5, 5.41) is 0.755. The lowest BCUT2D eigenvalue weighted by molar-refractivity contribution is 0.0608. The summed E-state index contributed by atoms with van der Waals surface area (Å²) in [7, 11) is 1.39. The fourth-order valence-corrected chi connectivity index (χ4v) is 1.76. The minimum absolute atomic E-state index is 0.138. The van der Waals surface area contributed by atoms with Crippen LogP contribution in [0.4, 0.5) is 8.78 Å². The third-order valence-corrected chi connectivity index (χ3v) is 2.92. The van der Waals surface area contributed by atoms with Crippen molar-refractivity contribution < 1.29 is 13.5 Å². The first kappa shape index (κ1) is 12.7. The first-order valence-corrected chi connectivity index (χ1v) is 5.48. The molecule has 5 heteroatoms. The average molecular weight is 252 g/mol. The lowest BCUT2D eigenvalue weighted by Gasteiger charge is -2.25. The molecule has 0 saturated carbocycles. The van der Waals surface area contributed by atoms with E-state index in [0.29, 0.717) is 5.52 Å². The van der Waals surface area contributed by atoms with Crippen molar-refractivity contribution in [3.8, 4) is 5.88 Å². The Balaban J connectivity index is 2.69. The molecule has 0 spiro atoms. The third kappa shape index (κ3) is 2.01. The fraction of sp³-hybridized carbons (Fsp3) is 0.308. The standard InChI is InChI=1S/C13H14F2N2O/c1-13(16,12(14)15)9-7-8-5-3-4-6-10(8)17-11(9)18-2/h3-7,12H,16H2,1-2H3. The molecule has 0 aliphatic heterocycles. The van der Waals surface area contributed by atoms with E-state index < -0.39 is 12.0 Å². The van der Waals surface area contributed by atoms with Crippen molar-refractivity contribution in [2.45, 2.75) is 18.9 Å². The molecule has 1 heterocycles. The lowest BCUT2D eigenvalue weighted by atomic mass is 9.93. The van der Waals surface area contributed by atoms with Crippen LogP contribution in [-0.2, 0) is 5.54 Å². The highest BCUT2D eigenvalue weighted by molar-refractivity contribution is 5.80. The van der Waals surface area contributed by atoms with E-state index in [9.17, 15) is 8.78 Å². The van der Waals surface area contributed by atoms with Gasteiger partial charge < -0.3 is 10.5 Å². The maximum Gasteiger partial charge on any atom is 0.260 e. The van der Waals surface area contributed by atoms with Crippen LogP contribution in [0.25, 0.3) is 10.9 Å². The topological polar surface area (TPSA) is 48.1 Å². The Labute approximate surface area is 104 Å². The van der Waals surface area contributed by atoms with Gasteiger partial charge in [-0.3, -0.25) is 0 Å². The van der Waals surface area contributed by atoms with Crippen molar-refractivity contribution in [3.63, 3.8) is 0 Å². The van der Waals surface area contributed by atoms with E-state index in [1.165, 1.54) is 14.0 Å². The molecule has 1 aromatic carbocycles. The van der Waals surface area contributed by atoms with E-state index in [-0.39, 0.29) is 11.4 Å². The van der Waals surface area contributed by atoms with Gasteiger partial charge in [0, 0.05) is 10.9 Å². The van der Waals surface area contributed by atoms with E-state index in [4.69, 9.17) is 10.5 Å². The van der Waals surface area contributed by atoms with Gasteiger partial charge in [0.05, 0.1) is 12.6 Å². The summed E-state index contributed by atoms with van der Waals surface area (Å²) in [4.78, 5) is 4.21. The zero-order valence-corrected chi connectivity index (χ0v) is 10.2. The number of methoxy groups -OCH3 is 1. The van der Waals surface area contributed by atoms with Crippen LogP contribution in [0.5, 0.6) is 5.88 Å². The van der Waals surface area contributed by atoms with Gasteiger partial charge >= 0.3 is 0 Å². The van der Waals surface area contributed by atoms with E-state index in [1.807, 2.05) is 12.1 Å². The van der Waals surface area contributed by atoms with E-state index in [2.05, 4.69) is 4.98 Å². The molecular formula is C13H14F2N2O. The number of alkyl halides is 2. The number of rotatable bonds is 3. The summed E-state index contributed by atoms with van der Waals surface area (Å²) in [6.45, 7) is 1.27. The van der Waals surface area contributed by atoms with Crippen molar-refractivity contribution in [2.24, 2.45) is 5.73 Å². The highest BCUT2D eigenvalue weighted by Gasteiger charge is 2.36. The molecule has 1 unspecified atom stereocenters. The molecule has 0 aliphatic rings. The molecule has 0 fully saturated rings. The highest BCUT2D eigenvalue weighted by Crippen LogP contribution is 2.33. The van der Waals surface area contributed by atoms with Crippen LogP contribution in [0.2, 0.25) is 0 Å². The van der Waals surface area contributed by atoms with E-state index in [1.54, 1.807) is 18.2 Å². The third-order valence-electron chi connectivity index (χ3n) is 2.92. The summed E-state index contributed by atoms with van der Waals surface area (Å²) < 4.78 is 31.1. The summed E-state index contributed by atoms with van der Waals surface area (Å²) in [6, 6.07) is 8.83. The maximum absolute atomic E-state index is 13.0. The van der Waals surface area contributed by atoms with E-state index >= 15 is 0 Å². The molecule has 1 atom stereocenters. The predicted molar refractivity (Wildman–Crippen MR) is 65.8 cm³/mol. The maximum atomic E-state index is 13.0. The number of pyridine rings is 1. The monoisotopic (exact) mass is 252 g/mol. The fourth-order valence-electron chi connectivity index (χ4n) is 1.76. The molecule has 0 aliphatic carbocycles. The largest absolute Gasteiger partial charge is 0.481 e. The second-order valence-corrected chi connectivity index (χ2v) is 4.32. The summed E-state index contributed by atoms with van der Waals surface area (Å²) in [6.07, 6.45) is -2.70. The second-order valence-electron chi connectivity index (χ2n) is 4.32. The molecule has 0 amide bonds. The predicted octanol–water partition coefficient (Wildman–Crippen LogP) is 2.68. The van der Waals surface area contributed by atoms with Crippen molar-refractivity contribution >= 4 is 10.9 Å². The number of fused-ring (bicyclic) bond motifs is 1. The normalized spacial score (nSPS) is 14.8. The van der Waals surface area contributed by atoms with Gasteiger partial charge in [0.25, 0.3) is 6.43 Å². The molecule has 2 aromatic rings. The molecule has 1 aromatic heterocycles. The number of para-hydroxylation sites is 1. The quantitative estimate of drug-likeness (QED) is 0.913. The molecular weight excluding hydrogens is 238 g/mol. The van der Waals surface area contributed by atoms with Gasteiger partial charge in [0.1, 0.15) is 5.54 Å². The SMILES string of the molecule is COc1nc2ccccc2cc1C(C)(N)C(F)F. The summed E-state index contributed by atoms with van der Waals surface area (Å²) in [5.74, 6) is 0.138. The Morgan fingerprint density at radius 1 is 1.33 bits per heavy atom. The molecule has 18 heavy (non-hydrogen) atoms. The van der Waals surface area contributed by atoms with Crippen LogP contribution in [-0.4, -0.2) is 18.5 Å². The van der Waals surface area contributed by atoms with Gasteiger partial charge in [-0.15, -0.1) is 0 Å². The number of hydrogen-bond acceptors (Lipinski definition) is 3. The lowest BCUT2D eigenvalue weighted by Crippen LogP contribution is -2.41. The number of nitrogens with two attached hydrogens (primary N) is 1. The zero-order chi connectivity index (χ0) is 13.3. The van der Waals surface area contributed by atoms with Gasteiger partial charge in [-0.1, -0.05) is 18.2 Å². The average Bonchev–Trinajstić information content (AvgIpc) is 2.36. The van der Waals surface area contributed by atoms with Gasteiger partial charge in [0.15, 0.2) is 0 Å². The van der Waals surface area contributed by atoms with Gasteiger partial charge in [-0.2, -0.15) is 0 Å². The summed E-state index contributed by atoms with van der Waals surface area (Å²) >= 11 is 0. The van der Waals surface area contributed by atoms with Gasteiger partial charge in [-0.25, -0.2) is 13.8 Å². The molecule has 0 radical (unpaired) electrons. The Kier molecular flexibility index (Phi) is 3.17. The number of nitrogens with zero attached hydrogens (tertiary/aromatic N) is 1. The minimum Gasteiger partial charge on any atom is -0.481 e. The van der Waals surface area contributed by atoms with Crippen LogP contribution in [0, 0.1) is 0 Å². The molecule has 0 saturated heterocycles. The van der Waals surface area contributed by atoms with E-state index in [0.717, 1.165) is 5.39 Å². The Morgan fingerprint density at radius 3 is 2.61 bits per heavy atom. The minimum atomic E-state index is -2.70. The van der Waals surface area contributed by atoms with Crippen LogP contribution in [0.1, 0.15) is 12.5 Å². The number of hydrogen-bond donors (Lipinski definition) is 1. The van der Waals surface area contributed by atoms with Crippen molar-refractivity contribution in [1.29, 1.82) is 0 Å². The number of benzene rings is 1. The van der Waals surface area contributed by atoms with Crippen molar-refractivity contribution in [2.75, 3.05) is 7.11 Å². The van der Waals surface area contributed by atoms with Gasteiger partial charge in [-0.05, 0) is 19.1 Å². The van der Waals surface area contributed by atoms with Crippen LogP contribution in [0.3, 0.4) is 0 Å². The number of aromatic nitrogens is 1. The van der Waals surface area contributed by atoms with Crippen LogP contribution in [0.15, 0.2) is 30.3 Å².